The van der Waals surface area contributed by atoms with E-state index in [1.165, 1.54) is 11.8 Å². The van der Waals surface area contributed by atoms with Crippen molar-refractivity contribution in [2.45, 2.75) is 38.9 Å². The van der Waals surface area contributed by atoms with Crippen molar-refractivity contribution in [3.63, 3.8) is 0 Å². The number of carbonyl (C=O) groups excluding carboxylic acids is 2. The van der Waals surface area contributed by atoms with E-state index in [1.807, 2.05) is 0 Å². The maximum absolute atomic E-state index is 12.8. The summed E-state index contributed by atoms with van der Waals surface area (Å²) >= 11 is 0. The molecule has 0 bridgehead atoms. The van der Waals surface area contributed by atoms with Crippen LogP contribution in [0, 0.1) is 6.92 Å². The second-order valence-corrected chi connectivity index (χ2v) is 5.66. The first-order valence-electron chi connectivity index (χ1n) is 7.87. The molecule has 2 N–H and O–H groups in total. The maximum atomic E-state index is 12.8. The number of rotatable bonds is 3. The van der Waals surface area contributed by atoms with E-state index in [4.69, 9.17) is 4.74 Å². The molecule has 1 aromatic heterocycles. The highest BCUT2D eigenvalue weighted by atomic mass is 19.4. The van der Waals surface area contributed by atoms with Crippen molar-refractivity contribution in [3.8, 4) is 0 Å². The summed E-state index contributed by atoms with van der Waals surface area (Å²) in [4.78, 5) is 25.1. The first-order chi connectivity index (χ1) is 11.7. The molecule has 7 nitrogen and oxygen atoms in total. The minimum absolute atomic E-state index is 0.0466. The summed E-state index contributed by atoms with van der Waals surface area (Å²) in [6.45, 7) is 4.17. The Bertz CT molecular complexity index is 622. The molecular formula is C15H20F3N3O4. The Hall–Kier alpha value is -2.39. The first-order valence-corrected chi connectivity index (χ1v) is 7.87. The zero-order valence-electron chi connectivity index (χ0n) is 13.9. The van der Waals surface area contributed by atoms with Gasteiger partial charge in [0.1, 0.15) is 5.76 Å². The van der Waals surface area contributed by atoms with E-state index in [2.05, 4.69) is 15.1 Å². The van der Waals surface area contributed by atoms with Crippen LogP contribution >= 0.6 is 0 Å². The van der Waals surface area contributed by atoms with Crippen LogP contribution in [0.15, 0.2) is 10.5 Å². The highest BCUT2D eigenvalue weighted by molar-refractivity contribution is 5.90. The normalized spacial score (nSPS) is 15.8. The minimum Gasteiger partial charge on any atom is -0.455 e. The molecule has 0 atom stereocenters. The van der Waals surface area contributed by atoms with Gasteiger partial charge in [0.2, 0.25) is 5.76 Å². The summed E-state index contributed by atoms with van der Waals surface area (Å²) < 4.78 is 48.0. The van der Waals surface area contributed by atoms with Crippen LogP contribution in [0.5, 0.6) is 0 Å². The predicted molar refractivity (Wildman–Crippen MR) is 82.2 cm³/mol. The van der Waals surface area contributed by atoms with Crippen molar-refractivity contribution in [1.29, 1.82) is 0 Å². The number of nitrogens with zero attached hydrogens (tertiary/aromatic N) is 1. The molecule has 25 heavy (non-hydrogen) atoms. The van der Waals surface area contributed by atoms with Crippen molar-refractivity contribution < 1.29 is 31.9 Å². The van der Waals surface area contributed by atoms with Crippen molar-refractivity contribution >= 4 is 17.8 Å². The molecule has 10 heteroatoms. The highest BCUT2D eigenvalue weighted by Gasteiger charge is 2.39. The third kappa shape index (κ3) is 5.04. The minimum atomic E-state index is -4.69. The molecular weight excluding hydrogens is 343 g/mol. The lowest BCUT2D eigenvalue weighted by Gasteiger charge is -2.31. The number of nitrogens with one attached hydrogen (secondary N) is 2. The average Bonchev–Trinajstić information content (AvgIpc) is 2.88. The number of likely N-dealkylation sites (tertiary alicyclic amines) is 1. The van der Waals surface area contributed by atoms with E-state index < -0.39 is 29.7 Å². The lowest BCUT2D eigenvalue weighted by Crippen LogP contribution is -2.47. The summed E-state index contributed by atoms with van der Waals surface area (Å²) in [5, 5.41) is 4.78. The average molecular weight is 363 g/mol. The van der Waals surface area contributed by atoms with Gasteiger partial charge in [-0.2, -0.15) is 13.2 Å². The standard InChI is InChI=1S/C15H20F3N3O4/c1-3-24-14(23)21-6-4-10(5-7-21)19-13(22)20-11-8-9(2)25-12(11)15(16,17)18/h8,10H,3-7H2,1-2H3,(H2,19,20,22). The highest BCUT2D eigenvalue weighted by Crippen LogP contribution is 2.36. The molecule has 3 amide bonds. The van der Waals surface area contributed by atoms with Gasteiger partial charge in [0.05, 0.1) is 12.3 Å². The van der Waals surface area contributed by atoms with Gasteiger partial charge in [-0.1, -0.05) is 0 Å². The maximum Gasteiger partial charge on any atom is 0.451 e. The molecule has 0 radical (unpaired) electrons. The number of aryl methyl sites for hydroxylation is 1. The molecule has 0 unspecified atom stereocenters. The van der Waals surface area contributed by atoms with Gasteiger partial charge in [-0.3, -0.25) is 0 Å². The molecule has 0 aliphatic carbocycles. The summed E-state index contributed by atoms with van der Waals surface area (Å²) in [6, 6.07) is 0.125. The molecule has 0 spiro atoms. The molecule has 1 aliphatic heterocycles. The molecule has 2 rings (SSSR count). The number of carbonyl (C=O) groups is 2. The van der Waals surface area contributed by atoms with Crippen LogP contribution in [0.1, 0.15) is 31.3 Å². The van der Waals surface area contributed by atoms with Gasteiger partial charge in [0, 0.05) is 25.2 Å². The third-order valence-corrected chi connectivity index (χ3v) is 3.72. The van der Waals surface area contributed by atoms with E-state index in [-0.39, 0.29) is 18.4 Å². The van der Waals surface area contributed by atoms with E-state index >= 15 is 0 Å². The lowest BCUT2D eigenvalue weighted by molar-refractivity contribution is -0.152. The Morgan fingerprint density at radius 3 is 2.56 bits per heavy atom. The number of hydrogen-bond acceptors (Lipinski definition) is 4. The van der Waals surface area contributed by atoms with E-state index in [0.717, 1.165) is 6.07 Å². The topological polar surface area (TPSA) is 83.8 Å². The third-order valence-electron chi connectivity index (χ3n) is 3.72. The van der Waals surface area contributed by atoms with Gasteiger partial charge in [0.25, 0.3) is 0 Å². The molecule has 140 valence electrons. The Morgan fingerprint density at radius 1 is 1.36 bits per heavy atom. The Morgan fingerprint density at radius 2 is 2.00 bits per heavy atom. The van der Waals surface area contributed by atoms with Gasteiger partial charge in [-0.05, 0) is 26.7 Å². The molecule has 0 aromatic carbocycles. The van der Waals surface area contributed by atoms with Gasteiger partial charge >= 0.3 is 18.3 Å². The van der Waals surface area contributed by atoms with E-state index in [1.54, 1.807) is 6.92 Å². The van der Waals surface area contributed by atoms with Gasteiger partial charge in [-0.25, -0.2) is 9.59 Å². The Balaban J connectivity index is 1.87. The quantitative estimate of drug-likeness (QED) is 0.863. The van der Waals surface area contributed by atoms with Gasteiger partial charge < -0.3 is 24.7 Å². The zero-order chi connectivity index (χ0) is 18.6. The van der Waals surface area contributed by atoms with Crippen molar-refractivity contribution in [2.24, 2.45) is 0 Å². The summed E-state index contributed by atoms with van der Waals surface area (Å²) in [6.07, 6.45) is -4.12. The van der Waals surface area contributed by atoms with Gasteiger partial charge in [0.15, 0.2) is 0 Å². The molecule has 1 aliphatic rings. The number of hydrogen-bond donors (Lipinski definition) is 2. The fourth-order valence-corrected chi connectivity index (χ4v) is 2.58. The van der Waals surface area contributed by atoms with Crippen LogP contribution in [-0.4, -0.2) is 42.8 Å². The van der Waals surface area contributed by atoms with Crippen molar-refractivity contribution in [1.82, 2.24) is 10.2 Å². The molecule has 1 fully saturated rings. The van der Waals surface area contributed by atoms with Crippen LogP contribution in [-0.2, 0) is 10.9 Å². The number of urea groups is 1. The molecule has 2 heterocycles. The van der Waals surface area contributed by atoms with Crippen LogP contribution in [0.2, 0.25) is 0 Å². The second kappa shape index (κ2) is 7.66. The zero-order valence-corrected chi connectivity index (χ0v) is 13.9. The van der Waals surface area contributed by atoms with Crippen LogP contribution in [0.25, 0.3) is 0 Å². The van der Waals surface area contributed by atoms with E-state index in [0.29, 0.717) is 25.9 Å². The number of furan rings is 1. The summed E-state index contributed by atoms with van der Waals surface area (Å²) in [5.41, 5.74) is -0.425. The largest absolute Gasteiger partial charge is 0.455 e. The molecule has 1 aromatic rings. The van der Waals surface area contributed by atoms with Crippen molar-refractivity contribution in [2.75, 3.05) is 25.0 Å². The van der Waals surface area contributed by atoms with Crippen LogP contribution in [0.3, 0.4) is 0 Å². The molecule has 1 saturated heterocycles. The number of amides is 3. The molecule has 0 saturated carbocycles. The SMILES string of the molecule is CCOC(=O)N1CCC(NC(=O)Nc2cc(C)oc2C(F)(F)F)CC1. The summed E-state index contributed by atoms with van der Waals surface area (Å²) in [7, 11) is 0. The number of piperidine rings is 1. The van der Waals surface area contributed by atoms with E-state index in [9.17, 15) is 22.8 Å². The monoisotopic (exact) mass is 363 g/mol. The van der Waals surface area contributed by atoms with Crippen molar-refractivity contribution in [3.05, 3.63) is 17.6 Å². The number of alkyl halides is 3. The number of anilines is 1. The smallest absolute Gasteiger partial charge is 0.451 e. The fourth-order valence-electron chi connectivity index (χ4n) is 2.58. The Kier molecular flexibility index (Phi) is 5.81. The van der Waals surface area contributed by atoms with Gasteiger partial charge in [-0.15, -0.1) is 0 Å². The van der Waals surface area contributed by atoms with Crippen LogP contribution < -0.4 is 10.6 Å². The number of ether oxygens (including phenoxy) is 1. The number of halogens is 3. The second-order valence-electron chi connectivity index (χ2n) is 5.66. The fraction of sp³-hybridized carbons (Fsp3) is 0.600. The lowest BCUT2D eigenvalue weighted by atomic mass is 10.1. The first kappa shape index (κ1) is 18.9. The van der Waals surface area contributed by atoms with Crippen LogP contribution in [0.4, 0.5) is 28.4 Å². The Labute approximate surface area is 142 Å². The summed E-state index contributed by atoms with van der Waals surface area (Å²) in [5.74, 6) is -1.19. The predicted octanol–water partition coefficient (Wildman–Crippen LogP) is 3.35.